The number of carbonyl (C=O) groups excluding carboxylic acids is 2. The number of aryl methyl sites for hydroxylation is 5. The fourth-order valence-electron chi connectivity index (χ4n) is 3.91. The first-order valence-corrected chi connectivity index (χ1v) is 9.84. The number of nitrogens with zero attached hydrogens (tertiary/aromatic N) is 2. The minimum atomic E-state index is -0.527. The molecule has 29 heavy (non-hydrogen) atoms. The number of ketones is 1. The topological polar surface area (TPSA) is 64.0 Å². The van der Waals surface area contributed by atoms with Gasteiger partial charge in [0.25, 0.3) is 0 Å². The number of benzene rings is 2. The number of amides is 1. The Morgan fingerprint density at radius 2 is 1.62 bits per heavy atom. The van der Waals surface area contributed by atoms with Gasteiger partial charge in [-0.05, 0) is 75.1 Å². The summed E-state index contributed by atoms with van der Waals surface area (Å²) in [5, 5.41) is 7.62. The summed E-state index contributed by atoms with van der Waals surface area (Å²) in [4.78, 5) is 25.9. The van der Waals surface area contributed by atoms with Gasteiger partial charge < -0.3 is 5.32 Å². The van der Waals surface area contributed by atoms with E-state index in [1.165, 1.54) is 5.56 Å². The smallest absolute Gasteiger partial charge is 0.226 e. The Bertz CT molecular complexity index is 1160. The number of aromatic nitrogens is 2. The Hall–Kier alpha value is -3.21. The molecule has 4 rings (SSSR count). The third-order valence-electron chi connectivity index (χ3n) is 5.95. The van der Waals surface area contributed by atoms with Crippen LogP contribution in [0, 0.1) is 34.6 Å². The van der Waals surface area contributed by atoms with Gasteiger partial charge in [0.05, 0.1) is 17.3 Å². The van der Waals surface area contributed by atoms with Gasteiger partial charge in [-0.3, -0.25) is 9.59 Å². The molecule has 1 unspecified atom stereocenters. The van der Waals surface area contributed by atoms with Crippen LogP contribution >= 0.6 is 0 Å². The largest absolute Gasteiger partial charge is 0.310 e. The van der Waals surface area contributed by atoms with Gasteiger partial charge in [-0.2, -0.15) is 5.10 Å². The summed E-state index contributed by atoms with van der Waals surface area (Å²) < 4.78 is 1.74. The summed E-state index contributed by atoms with van der Waals surface area (Å²) in [5.41, 5.74) is 7.63. The standard InChI is InChI=1S/C24H25N3O2/c1-13-6-8-18(10-15(13)3)23(29)20-12-21(28)25-24-22(20)17(5)26-27(24)19-9-7-14(2)16(4)11-19/h6-11,20H,12H2,1-5H3,(H,25,28). The van der Waals surface area contributed by atoms with Crippen LogP contribution in [-0.4, -0.2) is 21.5 Å². The quantitative estimate of drug-likeness (QED) is 0.661. The van der Waals surface area contributed by atoms with E-state index >= 15 is 0 Å². The first-order valence-electron chi connectivity index (χ1n) is 9.84. The second kappa shape index (κ2) is 6.99. The fourth-order valence-corrected chi connectivity index (χ4v) is 3.91. The van der Waals surface area contributed by atoms with Crippen LogP contribution in [0.4, 0.5) is 5.82 Å². The zero-order valence-corrected chi connectivity index (χ0v) is 17.5. The molecule has 148 valence electrons. The molecular formula is C24H25N3O2. The van der Waals surface area contributed by atoms with Crippen LogP contribution in [0.2, 0.25) is 0 Å². The Morgan fingerprint density at radius 1 is 0.966 bits per heavy atom. The number of fused-ring (bicyclic) bond motifs is 1. The van der Waals surface area contributed by atoms with Crippen LogP contribution in [-0.2, 0) is 4.79 Å². The molecule has 0 aliphatic carbocycles. The highest BCUT2D eigenvalue weighted by molar-refractivity contribution is 6.08. The van der Waals surface area contributed by atoms with Gasteiger partial charge in [-0.1, -0.05) is 18.2 Å². The Balaban J connectivity index is 1.82. The lowest BCUT2D eigenvalue weighted by atomic mass is 9.85. The molecule has 2 heterocycles. The van der Waals surface area contributed by atoms with Gasteiger partial charge in [0, 0.05) is 17.5 Å². The summed E-state index contributed by atoms with van der Waals surface area (Å²) in [6.45, 7) is 10.0. The Kier molecular flexibility index (Phi) is 4.61. The average Bonchev–Trinajstić information content (AvgIpc) is 3.01. The zero-order chi connectivity index (χ0) is 20.9. The maximum absolute atomic E-state index is 13.4. The highest BCUT2D eigenvalue weighted by atomic mass is 16.2. The lowest BCUT2D eigenvalue weighted by Crippen LogP contribution is -2.28. The third-order valence-corrected chi connectivity index (χ3v) is 5.95. The highest BCUT2D eigenvalue weighted by Crippen LogP contribution is 2.38. The van der Waals surface area contributed by atoms with Crippen molar-refractivity contribution in [3.05, 3.63) is 75.5 Å². The summed E-state index contributed by atoms with van der Waals surface area (Å²) >= 11 is 0. The van der Waals surface area contributed by atoms with E-state index in [0.717, 1.165) is 33.6 Å². The van der Waals surface area contributed by atoms with Gasteiger partial charge in [-0.25, -0.2) is 4.68 Å². The van der Waals surface area contributed by atoms with Crippen molar-refractivity contribution in [2.45, 2.75) is 47.0 Å². The molecule has 1 amide bonds. The molecule has 0 saturated carbocycles. The number of rotatable bonds is 3. The predicted molar refractivity (Wildman–Crippen MR) is 114 cm³/mol. The van der Waals surface area contributed by atoms with Gasteiger partial charge in [0.15, 0.2) is 5.78 Å². The normalized spacial score (nSPS) is 15.8. The van der Waals surface area contributed by atoms with Crippen molar-refractivity contribution in [2.75, 3.05) is 5.32 Å². The first kappa shape index (κ1) is 19.1. The minimum absolute atomic E-state index is 0.0352. The van der Waals surface area contributed by atoms with Crippen LogP contribution in [0.1, 0.15) is 56.2 Å². The number of anilines is 1. The lowest BCUT2D eigenvalue weighted by molar-refractivity contribution is -0.116. The second-order valence-corrected chi connectivity index (χ2v) is 8.00. The molecule has 0 fully saturated rings. The summed E-state index contributed by atoms with van der Waals surface area (Å²) in [6.07, 6.45) is 0.137. The third kappa shape index (κ3) is 3.27. The van der Waals surface area contributed by atoms with Gasteiger partial charge in [0.2, 0.25) is 5.91 Å². The predicted octanol–water partition coefficient (Wildman–Crippen LogP) is 4.72. The Morgan fingerprint density at radius 3 is 2.28 bits per heavy atom. The molecule has 1 N–H and O–H groups in total. The lowest BCUT2D eigenvalue weighted by Gasteiger charge is -2.23. The van der Waals surface area contributed by atoms with Crippen molar-refractivity contribution in [1.29, 1.82) is 0 Å². The van der Waals surface area contributed by atoms with Crippen molar-refractivity contribution in [1.82, 2.24) is 9.78 Å². The maximum atomic E-state index is 13.4. The number of nitrogens with one attached hydrogen (secondary N) is 1. The molecule has 1 atom stereocenters. The number of carbonyl (C=O) groups is 2. The van der Waals surface area contributed by atoms with Gasteiger partial charge in [-0.15, -0.1) is 0 Å². The van der Waals surface area contributed by atoms with E-state index in [9.17, 15) is 9.59 Å². The minimum Gasteiger partial charge on any atom is -0.310 e. The van der Waals surface area contributed by atoms with Crippen LogP contribution in [0.3, 0.4) is 0 Å². The van der Waals surface area contributed by atoms with E-state index < -0.39 is 5.92 Å². The van der Waals surface area contributed by atoms with Gasteiger partial charge in [0.1, 0.15) is 5.82 Å². The molecule has 1 aromatic heterocycles. The molecule has 0 saturated heterocycles. The van der Waals surface area contributed by atoms with Crippen LogP contribution in [0.25, 0.3) is 5.69 Å². The van der Waals surface area contributed by atoms with E-state index in [2.05, 4.69) is 17.3 Å². The summed E-state index contributed by atoms with van der Waals surface area (Å²) in [6, 6.07) is 11.8. The van der Waals surface area contributed by atoms with E-state index in [4.69, 9.17) is 0 Å². The molecule has 5 heteroatoms. The molecule has 3 aromatic rings. The molecule has 0 spiro atoms. The second-order valence-electron chi connectivity index (χ2n) is 8.00. The number of hydrogen-bond donors (Lipinski definition) is 1. The molecular weight excluding hydrogens is 362 g/mol. The van der Waals surface area contributed by atoms with Crippen molar-refractivity contribution >= 4 is 17.5 Å². The molecule has 1 aliphatic heterocycles. The molecule has 0 bridgehead atoms. The van der Waals surface area contributed by atoms with E-state index in [0.29, 0.717) is 11.4 Å². The highest BCUT2D eigenvalue weighted by Gasteiger charge is 2.36. The average molecular weight is 387 g/mol. The summed E-state index contributed by atoms with van der Waals surface area (Å²) in [5.74, 6) is -0.123. The van der Waals surface area contributed by atoms with E-state index in [-0.39, 0.29) is 18.1 Å². The van der Waals surface area contributed by atoms with Crippen molar-refractivity contribution in [2.24, 2.45) is 0 Å². The SMILES string of the molecule is Cc1ccc(C(=O)C2CC(=O)Nc3c2c(C)nn3-c2ccc(C)c(C)c2)cc1C. The van der Waals surface area contributed by atoms with E-state index in [1.807, 2.05) is 64.1 Å². The van der Waals surface area contributed by atoms with Crippen LogP contribution < -0.4 is 5.32 Å². The van der Waals surface area contributed by atoms with Crippen LogP contribution in [0.15, 0.2) is 36.4 Å². The van der Waals surface area contributed by atoms with Crippen molar-refractivity contribution < 1.29 is 9.59 Å². The zero-order valence-electron chi connectivity index (χ0n) is 17.5. The number of Topliss-reactive ketones (excluding diaryl/α,β-unsaturated/α-hetero) is 1. The van der Waals surface area contributed by atoms with E-state index in [1.54, 1.807) is 4.68 Å². The number of hydrogen-bond acceptors (Lipinski definition) is 3. The van der Waals surface area contributed by atoms with Crippen molar-refractivity contribution in [3.8, 4) is 5.69 Å². The summed E-state index contributed by atoms with van der Waals surface area (Å²) in [7, 11) is 0. The maximum Gasteiger partial charge on any atom is 0.226 e. The van der Waals surface area contributed by atoms with Gasteiger partial charge >= 0.3 is 0 Å². The molecule has 5 nitrogen and oxygen atoms in total. The molecule has 2 aromatic carbocycles. The van der Waals surface area contributed by atoms with Crippen LogP contribution in [0.5, 0.6) is 0 Å². The molecule has 1 aliphatic rings. The first-order chi connectivity index (χ1) is 13.8. The monoisotopic (exact) mass is 387 g/mol. The Labute approximate surface area is 170 Å². The molecule has 0 radical (unpaired) electrons. The van der Waals surface area contributed by atoms with Crippen molar-refractivity contribution in [3.63, 3.8) is 0 Å². The fraction of sp³-hybridized carbons (Fsp3) is 0.292.